The molecule has 0 aromatic carbocycles. The molecule has 0 radical (unpaired) electrons. The maximum atomic E-state index is 5.50. The predicted molar refractivity (Wildman–Crippen MR) is 66.7 cm³/mol. The molecule has 3 nitrogen and oxygen atoms in total. The Morgan fingerprint density at radius 1 is 1.36 bits per heavy atom. The normalized spacial score (nSPS) is 9.00. The highest BCUT2D eigenvalue weighted by Crippen LogP contribution is 1.90. The van der Waals surface area contributed by atoms with Crippen LogP contribution in [-0.4, -0.2) is 13.3 Å². The monoisotopic (exact) mass is 201 g/mol. The second-order valence-electron chi connectivity index (χ2n) is 2.55. The van der Waals surface area contributed by atoms with E-state index in [0.29, 0.717) is 0 Å². The Morgan fingerprint density at radius 3 is 2.21 bits per heavy atom. The van der Waals surface area contributed by atoms with Crippen molar-refractivity contribution in [2.75, 3.05) is 6.54 Å². The second kappa shape index (κ2) is 22.7. The Labute approximate surface area is 89.3 Å². The number of unbranched alkanes of at least 4 members (excludes halogenated alkanes) is 2. The molecular formula is C11H27N3. The number of rotatable bonds is 5. The summed E-state index contributed by atoms with van der Waals surface area (Å²) in [5, 5.41) is 8.63. The highest BCUT2D eigenvalue weighted by Gasteiger charge is 1.82. The van der Waals surface area contributed by atoms with Gasteiger partial charge in [-0.2, -0.15) is 0 Å². The van der Waals surface area contributed by atoms with Crippen molar-refractivity contribution in [2.24, 2.45) is 5.73 Å². The minimum Gasteiger partial charge on any atom is -0.401 e. The van der Waals surface area contributed by atoms with E-state index in [9.17, 15) is 0 Å². The summed E-state index contributed by atoms with van der Waals surface area (Å²) in [5.41, 5.74) is 6.25. The minimum atomic E-state index is 0.844. The first-order valence-electron chi connectivity index (χ1n) is 5.28. The van der Waals surface area contributed by atoms with Gasteiger partial charge in [0.1, 0.15) is 0 Å². The molecule has 0 atom stereocenters. The first-order chi connectivity index (χ1) is 6.77. The zero-order valence-electron chi connectivity index (χ0n) is 10.2. The smallest absolute Gasteiger partial charge is 0.0208 e. The quantitative estimate of drug-likeness (QED) is 0.473. The fourth-order valence-corrected chi connectivity index (χ4v) is 0.710. The molecule has 86 valence electrons. The molecule has 0 unspecified atom stereocenters. The van der Waals surface area contributed by atoms with Crippen LogP contribution in [0.1, 0.15) is 47.0 Å². The first-order valence-corrected chi connectivity index (χ1v) is 5.28. The van der Waals surface area contributed by atoms with Crippen LogP contribution in [0.4, 0.5) is 0 Å². The van der Waals surface area contributed by atoms with E-state index >= 15 is 0 Å². The third-order valence-corrected chi connectivity index (χ3v) is 1.25. The van der Waals surface area contributed by atoms with Crippen molar-refractivity contribution < 1.29 is 0 Å². The SMILES string of the molecule is C=N.CC.CCCCCN/C=C(/C)N. The van der Waals surface area contributed by atoms with E-state index in [2.05, 4.69) is 19.0 Å². The summed E-state index contributed by atoms with van der Waals surface area (Å²) >= 11 is 0. The van der Waals surface area contributed by atoms with E-state index in [4.69, 9.17) is 11.1 Å². The maximum Gasteiger partial charge on any atom is 0.0208 e. The summed E-state index contributed by atoms with van der Waals surface area (Å²) in [7, 11) is 0. The van der Waals surface area contributed by atoms with Gasteiger partial charge in [-0.25, -0.2) is 0 Å². The molecule has 0 aliphatic carbocycles. The molecule has 3 heteroatoms. The van der Waals surface area contributed by atoms with Gasteiger partial charge in [-0.1, -0.05) is 33.6 Å². The van der Waals surface area contributed by atoms with Crippen molar-refractivity contribution in [3.8, 4) is 0 Å². The van der Waals surface area contributed by atoms with Crippen LogP contribution in [-0.2, 0) is 0 Å². The van der Waals surface area contributed by atoms with Gasteiger partial charge < -0.3 is 16.5 Å². The van der Waals surface area contributed by atoms with Crippen LogP contribution in [0.3, 0.4) is 0 Å². The van der Waals surface area contributed by atoms with Gasteiger partial charge in [-0.15, -0.1) is 0 Å². The summed E-state index contributed by atoms with van der Waals surface area (Å²) in [6, 6.07) is 0. The topological polar surface area (TPSA) is 61.9 Å². The molecule has 14 heavy (non-hydrogen) atoms. The Bertz CT molecular complexity index is 107. The summed E-state index contributed by atoms with van der Waals surface area (Å²) in [4.78, 5) is 0. The number of hydrogen-bond donors (Lipinski definition) is 3. The van der Waals surface area contributed by atoms with Gasteiger partial charge in [0.2, 0.25) is 0 Å². The fourth-order valence-electron chi connectivity index (χ4n) is 0.710. The van der Waals surface area contributed by atoms with Crippen molar-refractivity contribution in [3.05, 3.63) is 11.9 Å². The molecule has 0 saturated heterocycles. The zero-order valence-corrected chi connectivity index (χ0v) is 10.2. The molecular weight excluding hydrogens is 174 g/mol. The molecule has 0 spiro atoms. The van der Waals surface area contributed by atoms with Crippen LogP contribution in [0.15, 0.2) is 11.9 Å². The maximum absolute atomic E-state index is 5.50. The van der Waals surface area contributed by atoms with Gasteiger partial charge in [0, 0.05) is 18.4 Å². The van der Waals surface area contributed by atoms with Gasteiger partial charge in [-0.3, -0.25) is 0 Å². The Balaban J connectivity index is -0.000000266. The molecule has 0 saturated carbocycles. The Morgan fingerprint density at radius 2 is 1.86 bits per heavy atom. The molecule has 0 bridgehead atoms. The lowest BCUT2D eigenvalue weighted by atomic mass is 10.2. The van der Waals surface area contributed by atoms with Crippen molar-refractivity contribution in [1.29, 1.82) is 5.41 Å². The van der Waals surface area contributed by atoms with Crippen molar-refractivity contribution in [1.82, 2.24) is 5.32 Å². The summed E-state index contributed by atoms with van der Waals surface area (Å²) < 4.78 is 0. The molecule has 0 aliphatic rings. The van der Waals surface area contributed by atoms with Crippen LogP contribution >= 0.6 is 0 Å². The van der Waals surface area contributed by atoms with Crippen LogP contribution in [0.25, 0.3) is 0 Å². The van der Waals surface area contributed by atoms with E-state index < -0.39 is 0 Å². The molecule has 0 aromatic heterocycles. The molecule has 0 amide bonds. The number of hydrogen-bond acceptors (Lipinski definition) is 3. The van der Waals surface area contributed by atoms with Crippen LogP contribution in [0.5, 0.6) is 0 Å². The van der Waals surface area contributed by atoms with Crippen LogP contribution in [0.2, 0.25) is 0 Å². The highest BCUT2D eigenvalue weighted by molar-refractivity contribution is 5.15. The summed E-state index contributed by atoms with van der Waals surface area (Å²) in [6.07, 6.45) is 5.66. The van der Waals surface area contributed by atoms with Crippen molar-refractivity contribution in [3.63, 3.8) is 0 Å². The lowest BCUT2D eigenvalue weighted by Gasteiger charge is -1.99. The van der Waals surface area contributed by atoms with E-state index in [1.807, 2.05) is 27.0 Å². The molecule has 0 fully saturated rings. The predicted octanol–water partition coefficient (Wildman–Crippen LogP) is 2.88. The molecule has 0 rings (SSSR count). The highest BCUT2D eigenvalue weighted by atomic mass is 14.8. The zero-order chi connectivity index (χ0) is 11.8. The van der Waals surface area contributed by atoms with Crippen molar-refractivity contribution >= 4 is 6.72 Å². The van der Waals surface area contributed by atoms with E-state index in [-0.39, 0.29) is 0 Å². The lowest BCUT2D eigenvalue weighted by molar-refractivity contribution is 0.681. The number of allylic oxidation sites excluding steroid dienone is 1. The van der Waals surface area contributed by atoms with Crippen LogP contribution in [0, 0.1) is 5.41 Å². The second-order valence-corrected chi connectivity index (χ2v) is 2.55. The average molecular weight is 201 g/mol. The van der Waals surface area contributed by atoms with Gasteiger partial charge in [0.15, 0.2) is 0 Å². The van der Waals surface area contributed by atoms with Gasteiger partial charge in [-0.05, 0) is 20.1 Å². The third kappa shape index (κ3) is 30.5. The van der Waals surface area contributed by atoms with E-state index in [1.165, 1.54) is 19.3 Å². The van der Waals surface area contributed by atoms with Crippen molar-refractivity contribution in [2.45, 2.75) is 47.0 Å². The molecule has 4 N–H and O–H groups in total. The fraction of sp³-hybridized carbons (Fsp3) is 0.727. The average Bonchev–Trinajstić information content (AvgIpc) is 2.23. The third-order valence-electron chi connectivity index (χ3n) is 1.25. The van der Waals surface area contributed by atoms with E-state index in [0.717, 1.165) is 12.2 Å². The standard InChI is InChI=1S/C8H18N2.C2H6.CH3N/c1-3-4-5-6-10-7-8(2)9;2*1-2/h7,10H,3-6,9H2,1-2H3;1-2H3;2H,1H2/b8-7-;;. The lowest BCUT2D eigenvalue weighted by Crippen LogP contribution is -2.09. The molecule has 0 aromatic rings. The molecule has 0 heterocycles. The number of nitrogens with two attached hydrogens (primary N) is 1. The Kier molecular flexibility index (Phi) is 30.4. The van der Waals surface area contributed by atoms with Crippen LogP contribution < -0.4 is 11.1 Å². The first kappa shape index (κ1) is 18.7. The summed E-state index contributed by atoms with van der Waals surface area (Å²) in [6.45, 7) is 11.6. The Hall–Kier alpha value is -0.990. The van der Waals surface area contributed by atoms with Gasteiger partial charge in [0.25, 0.3) is 0 Å². The van der Waals surface area contributed by atoms with Gasteiger partial charge in [0.05, 0.1) is 0 Å². The summed E-state index contributed by atoms with van der Waals surface area (Å²) in [5.74, 6) is 0. The molecule has 0 aliphatic heterocycles. The van der Waals surface area contributed by atoms with Gasteiger partial charge >= 0.3 is 0 Å². The minimum absolute atomic E-state index is 0.844. The largest absolute Gasteiger partial charge is 0.401 e. The van der Waals surface area contributed by atoms with E-state index in [1.54, 1.807) is 0 Å². The number of nitrogens with one attached hydrogen (secondary N) is 2.